The molecule has 1 N–H and O–H groups in total. The van der Waals surface area contributed by atoms with Gasteiger partial charge in [0, 0.05) is 4.88 Å². The van der Waals surface area contributed by atoms with Gasteiger partial charge < -0.3 is 5.32 Å². The van der Waals surface area contributed by atoms with Gasteiger partial charge in [-0.2, -0.15) is 0 Å². The summed E-state index contributed by atoms with van der Waals surface area (Å²) in [4.78, 5) is 16.3. The Morgan fingerprint density at radius 2 is 2.41 bits per heavy atom. The minimum absolute atomic E-state index is 0.00456. The molecule has 0 atom stereocenters. The van der Waals surface area contributed by atoms with Gasteiger partial charge in [-0.05, 0) is 17.5 Å². The molecule has 6 heteroatoms. The first-order valence-corrected chi connectivity index (χ1v) is 6.04. The van der Waals surface area contributed by atoms with Crippen LogP contribution in [0.1, 0.15) is 15.2 Å². The van der Waals surface area contributed by atoms with Gasteiger partial charge in [-0.15, -0.1) is 11.3 Å². The average molecular weight is 271 g/mol. The molecule has 0 saturated heterocycles. The van der Waals surface area contributed by atoms with Gasteiger partial charge in [-0.1, -0.05) is 17.7 Å². The average Bonchev–Trinajstić information content (AvgIpc) is 2.82. The Balaban J connectivity index is 2.07. The van der Waals surface area contributed by atoms with Crippen molar-refractivity contribution in [3.8, 4) is 0 Å². The molecule has 17 heavy (non-hydrogen) atoms. The van der Waals surface area contributed by atoms with Gasteiger partial charge in [0.25, 0.3) is 5.91 Å². The number of nitrogens with zero attached hydrogens (tertiary/aromatic N) is 1. The lowest BCUT2D eigenvalue weighted by Gasteiger charge is -2.04. The molecule has 0 aliphatic heterocycles. The number of hydrogen-bond acceptors (Lipinski definition) is 3. The molecule has 0 spiro atoms. The molecule has 0 fully saturated rings. The summed E-state index contributed by atoms with van der Waals surface area (Å²) >= 11 is 7.25. The maximum atomic E-state index is 12.9. The van der Waals surface area contributed by atoms with Crippen LogP contribution in [0.3, 0.4) is 0 Å². The van der Waals surface area contributed by atoms with Gasteiger partial charge in [0.15, 0.2) is 0 Å². The summed E-state index contributed by atoms with van der Waals surface area (Å²) in [5.74, 6) is -1.02. The Hall–Kier alpha value is -1.46. The topological polar surface area (TPSA) is 42.0 Å². The van der Waals surface area contributed by atoms with Gasteiger partial charge >= 0.3 is 0 Å². The van der Waals surface area contributed by atoms with Crippen molar-refractivity contribution in [1.82, 2.24) is 10.3 Å². The highest BCUT2D eigenvalue weighted by molar-refractivity contribution is 7.09. The summed E-state index contributed by atoms with van der Waals surface area (Å²) < 4.78 is 12.9. The first-order valence-electron chi connectivity index (χ1n) is 4.78. The van der Waals surface area contributed by atoms with Crippen molar-refractivity contribution in [2.24, 2.45) is 0 Å². The lowest BCUT2D eigenvalue weighted by atomic mass is 10.2. The smallest absolute Gasteiger partial charge is 0.254 e. The van der Waals surface area contributed by atoms with Crippen molar-refractivity contribution in [3.63, 3.8) is 0 Å². The standard InChI is InChI=1S/C11H8ClFN2OS/c12-10-9(4-7(13)5-14-10)11(16)15-6-8-2-1-3-17-8/h1-5H,6H2,(H,15,16). The molecule has 0 unspecified atom stereocenters. The minimum Gasteiger partial charge on any atom is -0.347 e. The molecule has 2 heterocycles. The van der Waals surface area contributed by atoms with Crippen molar-refractivity contribution in [2.45, 2.75) is 6.54 Å². The number of carbonyl (C=O) groups excluding carboxylic acids is 1. The van der Waals surface area contributed by atoms with Gasteiger partial charge in [-0.3, -0.25) is 4.79 Å². The quantitative estimate of drug-likeness (QED) is 0.872. The maximum Gasteiger partial charge on any atom is 0.254 e. The highest BCUT2D eigenvalue weighted by atomic mass is 35.5. The van der Waals surface area contributed by atoms with Crippen molar-refractivity contribution in [3.05, 3.63) is 51.2 Å². The van der Waals surface area contributed by atoms with Gasteiger partial charge in [0.1, 0.15) is 11.0 Å². The van der Waals surface area contributed by atoms with Crippen LogP contribution in [0.2, 0.25) is 5.15 Å². The molecule has 0 saturated carbocycles. The summed E-state index contributed by atoms with van der Waals surface area (Å²) in [5, 5.41) is 4.56. The van der Waals surface area contributed by atoms with Crippen LogP contribution in [0.15, 0.2) is 29.8 Å². The second kappa shape index (κ2) is 5.25. The van der Waals surface area contributed by atoms with Crippen molar-refractivity contribution in [1.29, 1.82) is 0 Å². The SMILES string of the molecule is O=C(NCc1cccs1)c1cc(F)cnc1Cl. The van der Waals surface area contributed by atoms with Crippen LogP contribution in [0.25, 0.3) is 0 Å². The zero-order chi connectivity index (χ0) is 12.3. The molecule has 1 amide bonds. The summed E-state index contributed by atoms with van der Waals surface area (Å²) in [6, 6.07) is 4.86. The largest absolute Gasteiger partial charge is 0.347 e. The third-order valence-electron chi connectivity index (χ3n) is 2.05. The number of halogens is 2. The predicted molar refractivity (Wildman–Crippen MR) is 64.7 cm³/mol. The molecule has 2 rings (SSSR count). The van der Waals surface area contributed by atoms with E-state index in [0.29, 0.717) is 6.54 Å². The number of pyridine rings is 1. The molecule has 0 bridgehead atoms. The van der Waals surface area contributed by atoms with E-state index in [2.05, 4.69) is 10.3 Å². The molecule has 0 aliphatic rings. The predicted octanol–water partition coefficient (Wildman–Crippen LogP) is 2.87. The van der Waals surface area contributed by atoms with Gasteiger partial charge in [-0.25, -0.2) is 9.37 Å². The minimum atomic E-state index is -0.587. The highest BCUT2D eigenvalue weighted by Crippen LogP contribution is 2.14. The lowest BCUT2D eigenvalue weighted by molar-refractivity contribution is 0.0950. The van der Waals surface area contributed by atoms with Crippen LogP contribution in [0.5, 0.6) is 0 Å². The number of nitrogens with one attached hydrogen (secondary N) is 1. The van der Waals surface area contributed by atoms with Crippen LogP contribution in [-0.2, 0) is 6.54 Å². The van der Waals surface area contributed by atoms with Crippen LogP contribution < -0.4 is 5.32 Å². The lowest BCUT2D eigenvalue weighted by Crippen LogP contribution is -2.23. The van der Waals surface area contributed by atoms with E-state index in [9.17, 15) is 9.18 Å². The first-order chi connectivity index (χ1) is 8.16. The third kappa shape index (κ3) is 3.01. The number of aromatic nitrogens is 1. The van der Waals surface area contributed by atoms with E-state index in [4.69, 9.17) is 11.6 Å². The monoisotopic (exact) mass is 270 g/mol. The van der Waals surface area contributed by atoms with Crippen LogP contribution in [-0.4, -0.2) is 10.9 Å². The van der Waals surface area contributed by atoms with Crippen LogP contribution >= 0.6 is 22.9 Å². The molecule has 0 radical (unpaired) electrons. The molecular weight excluding hydrogens is 263 g/mol. The van der Waals surface area contributed by atoms with Crippen LogP contribution in [0.4, 0.5) is 4.39 Å². The number of hydrogen-bond donors (Lipinski definition) is 1. The normalized spacial score (nSPS) is 10.2. The molecule has 3 nitrogen and oxygen atoms in total. The second-order valence-electron chi connectivity index (χ2n) is 3.25. The Labute approximate surface area is 106 Å². The molecular formula is C11H8ClFN2OS. The molecule has 0 aliphatic carbocycles. The highest BCUT2D eigenvalue weighted by Gasteiger charge is 2.12. The molecule has 88 valence electrons. The van der Waals surface area contributed by atoms with Crippen LogP contribution in [0, 0.1) is 5.82 Å². The fraction of sp³-hybridized carbons (Fsp3) is 0.0909. The fourth-order valence-electron chi connectivity index (χ4n) is 1.26. The second-order valence-corrected chi connectivity index (χ2v) is 4.64. The number of carbonyl (C=O) groups is 1. The van der Waals surface area contributed by atoms with E-state index in [1.807, 2.05) is 17.5 Å². The molecule has 2 aromatic rings. The zero-order valence-corrected chi connectivity index (χ0v) is 10.2. The first kappa shape index (κ1) is 12.0. The number of amides is 1. The van der Waals surface area contributed by atoms with Crippen molar-refractivity contribution < 1.29 is 9.18 Å². The summed E-state index contributed by atoms with van der Waals surface area (Å²) in [7, 11) is 0. The van der Waals surface area contributed by atoms with E-state index >= 15 is 0 Å². The number of thiophene rings is 1. The third-order valence-corrected chi connectivity index (χ3v) is 3.23. The Morgan fingerprint density at radius 3 is 3.12 bits per heavy atom. The maximum absolute atomic E-state index is 12.9. The van der Waals surface area contributed by atoms with E-state index < -0.39 is 11.7 Å². The number of rotatable bonds is 3. The zero-order valence-electron chi connectivity index (χ0n) is 8.61. The Kier molecular flexibility index (Phi) is 3.71. The van der Waals surface area contributed by atoms with E-state index in [1.54, 1.807) is 0 Å². The summed E-state index contributed by atoms with van der Waals surface area (Å²) in [6.45, 7) is 0.392. The van der Waals surface area contributed by atoms with E-state index in [1.165, 1.54) is 11.3 Å². The fourth-order valence-corrected chi connectivity index (χ4v) is 2.09. The van der Waals surface area contributed by atoms with E-state index in [-0.39, 0.29) is 10.7 Å². The summed E-state index contributed by atoms with van der Waals surface area (Å²) in [5.41, 5.74) is 0.0447. The van der Waals surface area contributed by atoms with Crippen molar-refractivity contribution >= 4 is 28.8 Å². The molecule has 2 aromatic heterocycles. The van der Waals surface area contributed by atoms with E-state index in [0.717, 1.165) is 17.1 Å². The Bertz CT molecular complexity index is 530. The summed E-state index contributed by atoms with van der Waals surface area (Å²) in [6.07, 6.45) is 0.971. The van der Waals surface area contributed by atoms with Gasteiger partial charge in [0.2, 0.25) is 0 Å². The van der Waals surface area contributed by atoms with Gasteiger partial charge in [0.05, 0.1) is 18.3 Å². The Morgan fingerprint density at radius 1 is 1.59 bits per heavy atom. The molecule has 0 aromatic carbocycles. The van der Waals surface area contributed by atoms with Crippen molar-refractivity contribution in [2.75, 3.05) is 0 Å².